The second kappa shape index (κ2) is 4.48. The molecule has 66 valence electrons. The molecule has 0 atom stereocenters. The number of benzene rings is 1. The lowest BCUT2D eigenvalue weighted by atomic mass is 10.3. The maximum atomic E-state index is 5.65. The average molecular weight is 205 g/mol. The summed E-state index contributed by atoms with van der Waals surface area (Å²) >= 11 is 0. The minimum atomic E-state index is 0.731. The molecule has 0 spiro atoms. The van der Waals surface area contributed by atoms with E-state index >= 15 is 0 Å². The van der Waals surface area contributed by atoms with Crippen LogP contribution < -0.4 is 9.47 Å². The van der Waals surface area contributed by atoms with Crippen molar-refractivity contribution in [1.82, 2.24) is 0 Å². The zero-order valence-corrected chi connectivity index (χ0v) is 8.41. The Morgan fingerprint density at radius 1 is 1.17 bits per heavy atom. The highest BCUT2D eigenvalue weighted by Gasteiger charge is 2.08. The van der Waals surface area contributed by atoms with E-state index in [1.807, 2.05) is 18.2 Å². The first kappa shape index (κ1) is 9.55. The van der Waals surface area contributed by atoms with Crippen LogP contribution >= 0.6 is 21.7 Å². The van der Waals surface area contributed by atoms with Gasteiger partial charge in [-0.2, -0.15) is 0 Å². The monoisotopic (exact) mass is 204 g/mol. The van der Waals surface area contributed by atoms with Crippen LogP contribution in [0.5, 0.6) is 11.5 Å². The molecule has 0 unspecified atom stereocenters. The molecule has 0 fully saturated rings. The maximum absolute atomic E-state index is 5.65. The summed E-state index contributed by atoms with van der Waals surface area (Å²) in [5.41, 5.74) is 0. The Kier molecular flexibility index (Phi) is 3.56. The van der Waals surface area contributed by atoms with Crippen LogP contribution in [0.3, 0.4) is 0 Å². The molecule has 12 heavy (non-hydrogen) atoms. The van der Waals surface area contributed by atoms with Crippen molar-refractivity contribution in [2.24, 2.45) is 0 Å². The van der Waals surface area contributed by atoms with Gasteiger partial charge in [-0.25, -0.2) is 0 Å². The van der Waals surface area contributed by atoms with Gasteiger partial charge in [0.2, 0.25) is 0 Å². The van der Waals surface area contributed by atoms with Gasteiger partial charge in [0.25, 0.3) is 0 Å². The van der Waals surface area contributed by atoms with E-state index < -0.39 is 0 Å². The van der Waals surface area contributed by atoms with E-state index in [0.29, 0.717) is 0 Å². The molecule has 0 radical (unpaired) electrons. The van der Waals surface area contributed by atoms with Gasteiger partial charge >= 0.3 is 0 Å². The standard InChI is InChI=1S/C8H9ClO2S/c1-10-6-4-3-5-7(11-2)8(6)12-9/h3-5H,1-2H3. The van der Waals surface area contributed by atoms with E-state index in [0.717, 1.165) is 27.4 Å². The highest BCUT2D eigenvalue weighted by molar-refractivity contribution is 8.21. The van der Waals surface area contributed by atoms with Crippen LogP contribution in [0, 0.1) is 0 Å². The largest absolute Gasteiger partial charge is 0.495 e. The number of methoxy groups -OCH3 is 2. The lowest BCUT2D eigenvalue weighted by molar-refractivity contribution is 0.377. The van der Waals surface area contributed by atoms with Crippen molar-refractivity contribution in [3.8, 4) is 11.5 Å². The molecule has 4 heteroatoms. The third kappa shape index (κ3) is 1.79. The molecule has 2 nitrogen and oxygen atoms in total. The molecule has 0 amide bonds. The zero-order valence-electron chi connectivity index (χ0n) is 6.83. The predicted octanol–water partition coefficient (Wildman–Crippen LogP) is 2.95. The lowest BCUT2D eigenvalue weighted by Crippen LogP contribution is -1.89. The summed E-state index contributed by atoms with van der Waals surface area (Å²) in [6.07, 6.45) is 0. The average Bonchev–Trinajstić information content (AvgIpc) is 2.16. The van der Waals surface area contributed by atoms with Crippen LogP contribution in [0.15, 0.2) is 23.1 Å². The van der Waals surface area contributed by atoms with Crippen molar-refractivity contribution in [2.75, 3.05) is 14.2 Å². The third-order valence-corrected chi connectivity index (χ3v) is 2.48. The molecule has 1 aromatic carbocycles. The van der Waals surface area contributed by atoms with Crippen LogP contribution in [0.4, 0.5) is 0 Å². The summed E-state index contributed by atoms with van der Waals surface area (Å²) in [4.78, 5) is 0.809. The van der Waals surface area contributed by atoms with Gasteiger partial charge in [0, 0.05) is 0 Å². The fraction of sp³-hybridized carbons (Fsp3) is 0.250. The van der Waals surface area contributed by atoms with E-state index in [1.165, 1.54) is 0 Å². The van der Waals surface area contributed by atoms with Crippen LogP contribution in [-0.2, 0) is 0 Å². The van der Waals surface area contributed by atoms with Crippen molar-refractivity contribution < 1.29 is 9.47 Å². The number of rotatable bonds is 3. The Balaban J connectivity index is 3.13. The molecule has 1 aromatic rings. The Morgan fingerprint density at radius 3 is 2.00 bits per heavy atom. The first-order chi connectivity index (χ1) is 5.83. The van der Waals surface area contributed by atoms with Crippen molar-refractivity contribution in [3.63, 3.8) is 0 Å². The third-order valence-electron chi connectivity index (χ3n) is 1.46. The molecule has 0 aliphatic rings. The number of hydrogen-bond donors (Lipinski definition) is 0. The topological polar surface area (TPSA) is 18.5 Å². The highest BCUT2D eigenvalue weighted by atomic mass is 35.7. The molecule has 0 saturated carbocycles. The van der Waals surface area contributed by atoms with Gasteiger partial charge in [0.15, 0.2) is 0 Å². The van der Waals surface area contributed by atoms with Crippen LogP contribution in [0.2, 0.25) is 0 Å². The van der Waals surface area contributed by atoms with E-state index in [2.05, 4.69) is 0 Å². The zero-order chi connectivity index (χ0) is 8.97. The maximum Gasteiger partial charge on any atom is 0.137 e. The number of ether oxygens (including phenoxy) is 2. The smallest absolute Gasteiger partial charge is 0.137 e. The minimum Gasteiger partial charge on any atom is -0.495 e. The molecule has 0 heterocycles. The summed E-state index contributed by atoms with van der Waals surface area (Å²) in [6.45, 7) is 0. The second-order valence-electron chi connectivity index (χ2n) is 2.07. The number of hydrogen-bond acceptors (Lipinski definition) is 3. The first-order valence-corrected chi connectivity index (χ1v) is 4.97. The van der Waals surface area contributed by atoms with Gasteiger partial charge in [-0.3, -0.25) is 0 Å². The summed E-state index contributed by atoms with van der Waals surface area (Å²) in [5.74, 6) is 1.46. The van der Waals surface area contributed by atoms with E-state index in [9.17, 15) is 0 Å². The quantitative estimate of drug-likeness (QED) is 0.754. The highest BCUT2D eigenvalue weighted by Crippen LogP contribution is 2.39. The van der Waals surface area contributed by atoms with Crippen LogP contribution in [-0.4, -0.2) is 14.2 Å². The van der Waals surface area contributed by atoms with Gasteiger partial charge in [0.05, 0.1) is 14.2 Å². The second-order valence-corrected chi connectivity index (χ2v) is 3.09. The predicted molar refractivity (Wildman–Crippen MR) is 51.3 cm³/mol. The van der Waals surface area contributed by atoms with E-state index in [1.54, 1.807) is 14.2 Å². The fourth-order valence-corrected chi connectivity index (χ4v) is 1.80. The van der Waals surface area contributed by atoms with E-state index in [-0.39, 0.29) is 0 Å². The van der Waals surface area contributed by atoms with Crippen molar-refractivity contribution in [3.05, 3.63) is 18.2 Å². The van der Waals surface area contributed by atoms with Gasteiger partial charge in [-0.15, -0.1) is 0 Å². The summed E-state index contributed by atoms with van der Waals surface area (Å²) in [6, 6.07) is 5.54. The van der Waals surface area contributed by atoms with Gasteiger partial charge < -0.3 is 9.47 Å². The Labute approximate surface area is 80.3 Å². The van der Waals surface area contributed by atoms with Crippen LogP contribution in [0.1, 0.15) is 0 Å². The summed E-state index contributed by atoms with van der Waals surface area (Å²) < 4.78 is 10.2. The van der Waals surface area contributed by atoms with E-state index in [4.69, 9.17) is 20.2 Å². The molecule has 1 rings (SSSR count). The molecule has 0 bridgehead atoms. The van der Waals surface area contributed by atoms with Crippen LogP contribution in [0.25, 0.3) is 0 Å². The van der Waals surface area contributed by atoms with Crippen molar-refractivity contribution in [1.29, 1.82) is 0 Å². The summed E-state index contributed by atoms with van der Waals surface area (Å²) in [7, 11) is 9.95. The molecular weight excluding hydrogens is 196 g/mol. The minimum absolute atomic E-state index is 0.731. The van der Waals surface area contributed by atoms with Gasteiger partial charge in [0.1, 0.15) is 16.4 Å². The number of halogens is 1. The Bertz CT molecular complexity index is 243. The molecule has 0 N–H and O–H groups in total. The summed E-state index contributed by atoms with van der Waals surface area (Å²) in [5, 5.41) is 0. The lowest BCUT2D eigenvalue weighted by Gasteiger charge is -2.08. The molecule has 0 aromatic heterocycles. The van der Waals surface area contributed by atoms with Gasteiger partial charge in [-0.05, 0) is 33.8 Å². The van der Waals surface area contributed by atoms with Crippen molar-refractivity contribution in [2.45, 2.75) is 4.90 Å². The SMILES string of the molecule is COc1cccc(OC)c1SCl. The Morgan fingerprint density at radius 2 is 1.67 bits per heavy atom. The molecular formula is C8H9ClO2S. The normalized spacial score (nSPS) is 9.58. The molecule has 0 aliphatic carbocycles. The molecule has 0 aliphatic heterocycles. The molecule has 0 saturated heterocycles. The first-order valence-electron chi connectivity index (χ1n) is 3.33. The van der Waals surface area contributed by atoms with Gasteiger partial charge in [-0.1, -0.05) is 6.07 Å². The Hall–Kier alpha value is -0.540. The fourth-order valence-electron chi connectivity index (χ4n) is 0.893. The van der Waals surface area contributed by atoms with Crippen molar-refractivity contribution >= 4 is 21.7 Å².